The van der Waals surface area contributed by atoms with Gasteiger partial charge in [-0.15, -0.1) is 6.58 Å². The first-order valence-corrected chi connectivity index (χ1v) is 8.12. The molecule has 0 spiro atoms. The Morgan fingerprint density at radius 1 is 1.31 bits per heavy atom. The summed E-state index contributed by atoms with van der Waals surface area (Å²) < 4.78 is 1.56. The monoisotopic (exact) mass is 369 g/mol. The molecule has 2 heterocycles. The summed E-state index contributed by atoms with van der Waals surface area (Å²) in [5.41, 5.74) is 1.20. The predicted octanol–water partition coefficient (Wildman–Crippen LogP) is 1.54. The van der Waals surface area contributed by atoms with Gasteiger partial charge < -0.3 is 9.67 Å². The van der Waals surface area contributed by atoms with Crippen LogP contribution in [0.2, 0.25) is 0 Å². The van der Waals surface area contributed by atoms with Gasteiger partial charge in [0.15, 0.2) is 5.11 Å². The molecule has 0 saturated carbocycles. The number of carboxylic acids is 1. The first-order valence-electron chi connectivity index (χ1n) is 7.72. The van der Waals surface area contributed by atoms with Crippen molar-refractivity contribution >= 4 is 52.1 Å². The molecule has 2 amide bonds. The van der Waals surface area contributed by atoms with Gasteiger partial charge in [0.2, 0.25) is 0 Å². The van der Waals surface area contributed by atoms with E-state index >= 15 is 0 Å². The van der Waals surface area contributed by atoms with E-state index in [1.807, 2.05) is 0 Å². The van der Waals surface area contributed by atoms with Crippen molar-refractivity contribution in [2.45, 2.75) is 6.54 Å². The van der Waals surface area contributed by atoms with Crippen molar-refractivity contribution in [3.05, 3.63) is 54.3 Å². The lowest BCUT2D eigenvalue weighted by Crippen LogP contribution is -2.53. The van der Waals surface area contributed by atoms with Gasteiger partial charge in [0, 0.05) is 29.2 Å². The van der Waals surface area contributed by atoms with Crippen LogP contribution < -0.4 is 5.32 Å². The van der Waals surface area contributed by atoms with E-state index in [1.165, 1.54) is 17.1 Å². The minimum atomic E-state index is -0.987. The summed E-state index contributed by atoms with van der Waals surface area (Å²) in [7, 11) is 0. The number of nitrogens with zero attached hydrogens (tertiary/aromatic N) is 2. The van der Waals surface area contributed by atoms with E-state index < -0.39 is 17.8 Å². The van der Waals surface area contributed by atoms with Crippen LogP contribution in [-0.4, -0.2) is 44.0 Å². The molecule has 7 nitrogen and oxygen atoms in total. The molecule has 1 aliphatic rings. The van der Waals surface area contributed by atoms with E-state index in [0.717, 1.165) is 5.39 Å². The second-order valence-electron chi connectivity index (χ2n) is 5.64. The van der Waals surface area contributed by atoms with Gasteiger partial charge in [0.05, 0.1) is 0 Å². The molecule has 1 saturated heterocycles. The third-order valence-corrected chi connectivity index (χ3v) is 4.24. The van der Waals surface area contributed by atoms with Crippen LogP contribution in [0.15, 0.2) is 48.7 Å². The Morgan fingerprint density at radius 2 is 2.04 bits per heavy atom. The molecular weight excluding hydrogens is 354 g/mol. The summed E-state index contributed by atoms with van der Waals surface area (Å²) in [4.78, 5) is 37.2. The van der Waals surface area contributed by atoms with Crippen LogP contribution in [0.5, 0.6) is 0 Å². The normalized spacial score (nSPS) is 16.2. The number of aromatic nitrogens is 1. The summed E-state index contributed by atoms with van der Waals surface area (Å²) in [6.45, 7) is 3.53. The molecule has 132 valence electrons. The van der Waals surface area contributed by atoms with E-state index in [2.05, 4.69) is 11.9 Å². The number of aliphatic carboxylic acids is 1. The van der Waals surface area contributed by atoms with Gasteiger partial charge in [-0.25, -0.2) is 0 Å². The van der Waals surface area contributed by atoms with Crippen molar-refractivity contribution in [1.29, 1.82) is 0 Å². The molecule has 1 aromatic heterocycles. The van der Waals surface area contributed by atoms with Gasteiger partial charge in [-0.2, -0.15) is 0 Å². The zero-order chi connectivity index (χ0) is 18.8. The van der Waals surface area contributed by atoms with Gasteiger partial charge in [-0.3, -0.25) is 24.6 Å². The lowest BCUT2D eigenvalue weighted by Gasteiger charge is -2.27. The highest BCUT2D eigenvalue weighted by atomic mass is 32.1. The first-order chi connectivity index (χ1) is 12.4. The van der Waals surface area contributed by atoms with Crippen LogP contribution in [0.25, 0.3) is 17.0 Å². The Bertz CT molecular complexity index is 989. The SMILES string of the molecule is C=CCN1C(=O)C(=Cc2cn(CC(=O)O)c3ccccc23)C(=O)NC1=S. The molecule has 0 unspecified atom stereocenters. The van der Waals surface area contributed by atoms with Crippen molar-refractivity contribution in [3.63, 3.8) is 0 Å². The number of hydrogen-bond donors (Lipinski definition) is 2. The van der Waals surface area contributed by atoms with Gasteiger partial charge >= 0.3 is 5.97 Å². The van der Waals surface area contributed by atoms with Crippen LogP contribution in [0, 0.1) is 0 Å². The summed E-state index contributed by atoms with van der Waals surface area (Å²) in [5.74, 6) is -2.09. The van der Waals surface area contributed by atoms with E-state index in [-0.39, 0.29) is 23.8 Å². The number of rotatable bonds is 5. The topological polar surface area (TPSA) is 91.6 Å². The molecule has 1 aliphatic heterocycles. The Kier molecular flexibility index (Phi) is 4.68. The third-order valence-electron chi connectivity index (χ3n) is 3.92. The highest BCUT2D eigenvalue weighted by molar-refractivity contribution is 7.80. The number of para-hydroxylation sites is 1. The Balaban J connectivity index is 2.10. The Labute approximate surface area is 154 Å². The first kappa shape index (κ1) is 17.6. The van der Waals surface area contributed by atoms with E-state index in [0.29, 0.717) is 11.1 Å². The van der Waals surface area contributed by atoms with Crippen LogP contribution in [0.1, 0.15) is 5.56 Å². The van der Waals surface area contributed by atoms with E-state index in [4.69, 9.17) is 17.3 Å². The van der Waals surface area contributed by atoms with Crippen molar-refractivity contribution < 1.29 is 19.5 Å². The highest BCUT2D eigenvalue weighted by Gasteiger charge is 2.32. The molecule has 3 rings (SSSR count). The number of fused-ring (bicyclic) bond motifs is 1. The number of carboxylic acid groups (broad SMARTS) is 1. The maximum absolute atomic E-state index is 12.6. The summed E-state index contributed by atoms with van der Waals surface area (Å²) in [6, 6.07) is 7.18. The van der Waals surface area contributed by atoms with Crippen LogP contribution >= 0.6 is 12.2 Å². The number of carbonyl (C=O) groups is 3. The molecule has 0 bridgehead atoms. The average Bonchev–Trinajstić information content (AvgIpc) is 2.92. The van der Waals surface area contributed by atoms with Gasteiger partial charge in [-0.05, 0) is 24.4 Å². The maximum Gasteiger partial charge on any atom is 0.323 e. The standard InChI is InChI=1S/C18H15N3O4S/c1-2-7-21-17(25)13(16(24)19-18(21)26)8-11-9-20(10-15(22)23)14-6-4-3-5-12(11)14/h2-6,8-9H,1,7,10H2,(H,22,23)(H,19,24,26). The van der Waals surface area contributed by atoms with Crippen LogP contribution in [0.3, 0.4) is 0 Å². The fourth-order valence-electron chi connectivity index (χ4n) is 2.81. The van der Waals surface area contributed by atoms with Crippen LogP contribution in [0.4, 0.5) is 0 Å². The largest absolute Gasteiger partial charge is 0.480 e. The van der Waals surface area contributed by atoms with Gasteiger partial charge in [-0.1, -0.05) is 24.3 Å². The lowest BCUT2D eigenvalue weighted by molar-refractivity contribution is -0.137. The molecular formula is C18H15N3O4S. The number of nitrogens with one attached hydrogen (secondary N) is 1. The van der Waals surface area contributed by atoms with Gasteiger partial charge in [0.25, 0.3) is 11.8 Å². The Morgan fingerprint density at radius 3 is 2.73 bits per heavy atom. The van der Waals surface area contributed by atoms with E-state index in [1.54, 1.807) is 35.0 Å². The predicted molar refractivity (Wildman–Crippen MR) is 100 cm³/mol. The summed E-state index contributed by atoms with van der Waals surface area (Å²) in [5, 5.41) is 12.3. The molecule has 0 radical (unpaired) electrons. The number of benzene rings is 1. The maximum atomic E-state index is 12.6. The Hall–Kier alpha value is -3.26. The fourth-order valence-corrected chi connectivity index (χ4v) is 3.06. The number of hydrogen-bond acceptors (Lipinski definition) is 4. The zero-order valence-corrected chi connectivity index (χ0v) is 14.5. The number of carbonyl (C=O) groups excluding carboxylic acids is 2. The second-order valence-corrected chi connectivity index (χ2v) is 6.03. The van der Waals surface area contributed by atoms with Crippen molar-refractivity contribution in [2.75, 3.05) is 6.54 Å². The van der Waals surface area contributed by atoms with Crippen molar-refractivity contribution in [2.24, 2.45) is 0 Å². The zero-order valence-electron chi connectivity index (χ0n) is 13.6. The van der Waals surface area contributed by atoms with Crippen LogP contribution in [-0.2, 0) is 20.9 Å². The van der Waals surface area contributed by atoms with Crippen molar-refractivity contribution in [1.82, 2.24) is 14.8 Å². The highest BCUT2D eigenvalue weighted by Crippen LogP contribution is 2.25. The second kappa shape index (κ2) is 6.93. The minimum absolute atomic E-state index is 0.0327. The molecule has 2 aromatic rings. The molecule has 8 heteroatoms. The van der Waals surface area contributed by atoms with E-state index in [9.17, 15) is 14.4 Å². The molecule has 0 atom stereocenters. The molecule has 1 fully saturated rings. The fraction of sp³-hybridized carbons (Fsp3) is 0.111. The van der Waals surface area contributed by atoms with Crippen molar-refractivity contribution in [3.8, 4) is 0 Å². The quantitative estimate of drug-likeness (QED) is 0.361. The summed E-state index contributed by atoms with van der Waals surface area (Å²) >= 11 is 5.02. The van der Waals surface area contributed by atoms with Gasteiger partial charge in [0.1, 0.15) is 12.1 Å². The number of thiocarbonyl (C=S) groups is 1. The average molecular weight is 369 g/mol. The smallest absolute Gasteiger partial charge is 0.323 e. The summed E-state index contributed by atoms with van der Waals surface area (Å²) in [6.07, 6.45) is 4.57. The molecule has 1 aromatic carbocycles. The molecule has 2 N–H and O–H groups in total. The molecule has 26 heavy (non-hydrogen) atoms. The number of amides is 2. The lowest BCUT2D eigenvalue weighted by atomic mass is 10.1. The molecule has 0 aliphatic carbocycles. The minimum Gasteiger partial charge on any atom is -0.480 e. The third kappa shape index (κ3) is 3.14.